The van der Waals surface area contributed by atoms with E-state index in [1.807, 2.05) is 33.0 Å². The fraction of sp³-hybridized carbons (Fsp3) is 0.474. The predicted molar refractivity (Wildman–Crippen MR) is 105 cm³/mol. The smallest absolute Gasteiger partial charge is 0.279 e. The van der Waals surface area contributed by atoms with Gasteiger partial charge in [0.1, 0.15) is 0 Å². The monoisotopic (exact) mass is 376 g/mol. The van der Waals surface area contributed by atoms with Crippen LogP contribution in [0, 0.1) is 20.8 Å². The van der Waals surface area contributed by atoms with E-state index in [0.29, 0.717) is 6.54 Å². The lowest BCUT2D eigenvalue weighted by Crippen LogP contribution is -3.15. The molecule has 1 saturated heterocycles. The zero-order valence-corrected chi connectivity index (χ0v) is 16.7. The Bertz CT molecular complexity index is 809. The number of halogens is 1. The number of quaternary nitrogens is 1. The molecule has 0 bridgehead atoms. The number of amides is 1. The summed E-state index contributed by atoms with van der Waals surface area (Å²) in [7, 11) is 1.89. The zero-order valence-electron chi connectivity index (χ0n) is 15.9. The second kappa shape index (κ2) is 7.68. The molecule has 2 heterocycles. The van der Waals surface area contributed by atoms with Crippen molar-refractivity contribution in [2.45, 2.75) is 20.8 Å². The topological polar surface area (TPSA) is 54.6 Å². The van der Waals surface area contributed by atoms with Crippen LogP contribution >= 0.6 is 11.6 Å². The summed E-state index contributed by atoms with van der Waals surface area (Å²) in [5.74, 6) is 0.0478. The first-order valence-electron chi connectivity index (χ1n) is 9.00. The number of anilines is 2. The van der Waals surface area contributed by atoms with Crippen LogP contribution in [0.3, 0.4) is 0 Å². The summed E-state index contributed by atoms with van der Waals surface area (Å²) in [6.45, 7) is 10.2. The molecule has 0 aliphatic carbocycles. The van der Waals surface area contributed by atoms with Gasteiger partial charge in [0.15, 0.2) is 6.54 Å². The van der Waals surface area contributed by atoms with Gasteiger partial charge >= 0.3 is 0 Å². The molecular formula is C19H27ClN5O+. The standard InChI is InChI=1S/C19H26ClN5O/c1-13-5-6-16(20)11-17(13)25-9-7-24(8-10-25)12-18(26)21-19-14(2)22-23(4)15(19)3/h5-6,11H,7-10,12H2,1-4H3,(H,21,26)/p+1. The minimum absolute atomic E-state index is 0.0478. The number of carbonyl (C=O) groups is 1. The van der Waals surface area contributed by atoms with Gasteiger partial charge in [-0.3, -0.25) is 9.48 Å². The van der Waals surface area contributed by atoms with Gasteiger partial charge in [0.05, 0.1) is 43.3 Å². The van der Waals surface area contributed by atoms with Crippen molar-refractivity contribution in [1.29, 1.82) is 0 Å². The Morgan fingerprint density at radius 1 is 1.27 bits per heavy atom. The van der Waals surface area contributed by atoms with E-state index < -0.39 is 0 Å². The molecule has 0 atom stereocenters. The van der Waals surface area contributed by atoms with E-state index in [0.717, 1.165) is 48.3 Å². The van der Waals surface area contributed by atoms with Crippen molar-refractivity contribution in [3.05, 3.63) is 40.2 Å². The van der Waals surface area contributed by atoms with E-state index in [1.165, 1.54) is 16.2 Å². The number of piperazine rings is 1. The normalized spacial score (nSPS) is 15.3. The molecule has 0 unspecified atom stereocenters. The second-order valence-corrected chi connectivity index (χ2v) is 7.50. The van der Waals surface area contributed by atoms with Crippen molar-refractivity contribution >= 4 is 28.9 Å². The fourth-order valence-corrected chi connectivity index (χ4v) is 3.70. The summed E-state index contributed by atoms with van der Waals surface area (Å²) in [6, 6.07) is 6.01. The molecular weight excluding hydrogens is 350 g/mol. The molecule has 1 aromatic carbocycles. The van der Waals surface area contributed by atoms with Crippen LogP contribution in [-0.4, -0.2) is 48.4 Å². The van der Waals surface area contributed by atoms with Gasteiger partial charge in [0, 0.05) is 17.8 Å². The van der Waals surface area contributed by atoms with E-state index in [2.05, 4.69) is 28.3 Å². The van der Waals surface area contributed by atoms with Gasteiger partial charge in [-0.25, -0.2) is 0 Å². The Morgan fingerprint density at radius 2 is 1.96 bits per heavy atom. The molecule has 1 aromatic heterocycles. The largest absolute Gasteiger partial charge is 0.360 e. The number of aromatic nitrogens is 2. The summed E-state index contributed by atoms with van der Waals surface area (Å²) in [6.07, 6.45) is 0. The molecule has 7 heteroatoms. The quantitative estimate of drug-likeness (QED) is 0.846. The first kappa shape index (κ1) is 18.7. The molecule has 26 heavy (non-hydrogen) atoms. The van der Waals surface area contributed by atoms with Gasteiger partial charge in [-0.1, -0.05) is 17.7 Å². The van der Waals surface area contributed by atoms with E-state index in [4.69, 9.17) is 11.6 Å². The third kappa shape index (κ3) is 4.02. The van der Waals surface area contributed by atoms with Gasteiger partial charge in [-0.05, 0) is 38.5 Å². The highest BCUT2D eigenvalue weighted by molar-refractivity contribution is 6.30. The second-order valence-electron chi connectivity index (χ2n) is 7.06. The zero-order chi connectivity index (χ0) is 18.8. The number of aryl methyl sites for hydroxylation is 3. The molecule has 2 N–H and O–H groups in total. The Labute approximate surface area is 159 Å². The maximum atomic E-state index is 12.4. The average Bonchev–Trinajstić information content (AvgIpc) is 2.84. The lowest BCUT2D eigenvalue weighted by atomic mass is 10.1. The molecule has 0 saturated carbocycles. The number of nitrogens with one attached hydrogen (secondary N) is 2. The first-order chi connectivity index (χ1) is 12.3. The molecule has 0 radical (unpaired) electrons. The van der Waals surface area contributed by atoms with Crippen LogP contribution in [-0.2, 0) is 11.8 Å². The molecule has 1 aliphatic rings. The van der Waals surface area contributed by atoms with E-state index in [9.17, 15) is 4.79 Å². The van der Waals surface area contributed by atoms with Crippen molar-refractivity contribution in [2.75, 3.05) is 42.9 Å². The highest BCUT2D eigenvalue weighted by Gasteiger charge is 2.24. The number of rotatable bonds is 4. The molecule has 2 aromatic rings. The fourth-order valence-electron chi connectivity index (χ4n) is 3.53. The predicted octanol–water partition coefficient (Wildman–Crippen LogP) is 1.34. The molecule has 140 valence electrons. The maximum absolute atomic E-state index is 12.4. The Balaban J connectivity index is 1.55. The minimum atomic E-state index is 0.0478. The van der Waals surface area contributed by atoms with Crippen molar-refractivity contribution in [2.24, 2.45) is 7.05 Å². The number of hydrogen-bond donors (Lipinski definition) is 2. The molecule has 1 fully saturated rings. The molecule has 1 amide bonds. The Kier molecular flexibility index (Phi) is 5.53. The van der Waals surface area contributed by atoms with E-state index in [1.54, 1.807) is 4.68 Å². The summed E-state index contributed by atoms with van der Waals surface area (Å²) in [5.41, 5.74) is 5.10. The van der Waals surface area contributed by atoms with Gasteiger partial charge in [0.25, 0.3) is 5.91 Å². The van der Waals surface area contributed by atoms with Crippen molar-refractivity contribution in [3.63, 3.8) is 0 Å². The van der Waals surface area contributed by atoms with Crippen molar-refractivity contribution in [1.82, 2.24) is 9.78 Å². The number of hydrogen-bond acceptors (Lipinski definition) is 3. The van der Waals surface area contributed by atoms with Crippen molar-refractivity contribution < 1.29 is 9.69 Å². The van der Waals surface area contributed by atoms with Crippen LogP contribution in [0.15, 0.2) is 18.2 Å². The SMILES string of the molecule is Cc1ccc(Cl)cc1N1CC[NH+](CC(=O)Nc2c(C)nn(C)c2C)CC1. The van der Waals surface area contributed by atoms with Crippen LogP contribution in [0.25, 0.3) is 0 Å². The lowest BCUT2D eigenvalue weighted by Gasteiger charge is -2.34. The summed E-state index contributed by atoms with van der Waals surface area (Å²) in [4.78, 5) is 16.1. The lowest BCUT2D eigenvalue weighted by molar-refractivity contribution is -0.892. The number of nitrogens with zero attached hydrogens (tertiary/aromatic N) is 3. The third-order valence-corrected chi connectivity index (χ3v) is 5.40. The molecule has 1 aliphatic heterocycles. The Morgan fingerprint density at radius 3 is 2.58 bits per heavy atom. The summed E-state index contributed by atoms with van der Waals surface area (Å²) in [5, 5.41) is 8.14. The van der Waals surface area contributed by atoms with Crippen LogP contribution in [0.5, 0.6) is 0 Å². The molecule has 6 nitrogen and oxygen atoms in total. The van der Waals surface area contributed by atoms with E-state index >= 15 is 0 Å². The van der Waals surface area contributed by atoms with Crippen LogP contribution in [0.2, 0.25) is 5.02 Å². The maximum Gasteiger partial charge on any atom is 0.279 e. The Hall–Kier alpha value is -2.05. The molecule has 3 rings (SSSR count). The summed E-state index contributed by atoms with van der Waals surface area (Å²) < 4.78 is 1.80. The van der Waals surface area contributed by atoms with E-state index in [-0.39, 0.29) is 5.91 Å². The van der Waals surface area contributed by atoms with Gasteiger partial charge in [-0.15, -0.1) is 0 Å². The van der Waals surface area contributed by atoms with Crippen LogP contribution < -0.4 is 15.1 Å². The minimum Gasteiger partial charge on any atom is -0.360 e. The van der Waals surface area contributed by atoms with Gasteiger partial charge in [0.2, 0.25) is 0 Å². The van der Waals surface area contributed by atoms with Crippen LogP contribution in [0.1, 0.15) is 17.0 Å². The van der Waals surface area contributed by atoms with Gasteiger partial charge < -0.3 is 15.1 Å². The van der Waals surface area contributed by atoms with Gasteiger partial charge in [-0.2, -0.15) is 5.10 Å². The highest BCUT2D eigenvalue weighted by Crippen LogP contribution is 2.24. The number of carbonyl (C=O) groups excluding carboxylic acids is 1. The summed E-state index contributed by atoms with van der Waals surface area (Å²) >= 11 is 6.15. The number of benzene rings is 1. The first-order valence-corrected chi connectivity index (χ1v) is 9.37. The average molecular weight is 377 g/mol. The van der Waals surface area contributed by atoms with Crippen molar-refractivity contribution in [3.8, 4) is 0 Å². The third-order valence-electron chi connectivity index (χ3n) is 5.17. The highest BCUT2D eigenvalue weighted by atomic mass is 35.5. The van der Waals surface area contributed by atoms with Crippen LogP contribution in [0.4, 0.5) is 11.4 Å². The molecule has 0 spiro atoms.